The fraction of sp³-hybridized carbons (Fsp3) is 0.593. The van der Waals surface area contributed by atoms with Gasteiger partial charge in [0.05, 0.1) is 6.54 Å². The Hall–Kier alpha value is -2.45. The minimum absolute atomic E-state index is 0.0367. The number of likely N-dealkylation sites (tertiary alicyclic amines) is 2. The van der Waals surface area contributed by atoms with E-state index in [1.54, 1.807) is 24.3 Å². The summed E-state index contributed by atoms with van der Waals surface area (Å²) in [6.45, 7) is 7.09. The van der Waals surface area contributed by atoms with Gasteiger partial charge in [-0.3, -0.25) is 14.5 Å². The number of sulfonamides is 1. The fourth-order valence-corrected chi connectivity index (χ4v) is 8.68. The second-order valence-electron chi connectivity index (χ2n) is 10.8. The molecule has 224 valence electrons. The summed E-state index contributed by atoms with van der Waals surface area (Å²) in [7, 11) is -3.92. The summed E-state index contributed by atoms with van der Waals surface area (Å²) in [4.78, 5) is 46.2. The SMILES string of the molecule is CCNC(=O)N1CCN(CC2CCCN2C(=O)CN2CCCC(NS(=O)(=O)c3cc4cc(Cl)ccc4s3)C2=O)CC1. The molecule has 11 nitrogen and oxygen atoms in total. The maximum Gasteiger partial charge on any atom is 0.317 e. The molecule has 4 heterocycles. The number of fused-ring (bicyclic) bond motifs is 1. The predicted molar refractivity (Wildman–Crippen MR) is 159 cm³/mol. The molecule has 1 aromatic heterocycles. The molecular weight excluding hydrogens is 588 g/mol. The van der Waals surface area contributed by atoms with Crippen LogP contribution >= 0.6 is 22.9 Å². The molecule has 0 aliphatic carbocycles. The summed E-state index contributed by atoms with van der Waals surface area (Å²) in [5.74, 6) is -0.471. The van der Waals surface area contributed by atoms with Gasteiger partial charge in [-0.05, 0) is 62.3 Å². The highest BCUT2D eigenvalue weighted by Crippen LogP contribution is 2.31. The van der Waals surface area contributed by atoms with E-state index in [9.17, 15) is 22.8 Å². The second kappa shape index (κ2) is 12.8. The van der Waals surface area contributed by atoms with Gasteiger partial charge in [0.15, 0.2) is 0 Å². The standard InChI is InChI=1S/C27H37ClN6O5S2/c1-2-29-27(37)32-13-11-31(12-14-32)17-21-5-3-10-34(21)24(35)18-33-9-4-6-22(26(33)36)30-41(38,39)25-16-19-15-20(28)7-8-23(19)40-25/h7-8,15-16,21-22,30H,2-6,9-14,17-18H2,1H3,(H,29,37). The van der Waals surface area contributed by atoms with Gasteiger partial charge in [0.2, 0.25) is 11.8 Å². The zero-order valence-electron chi connectivity index (χ0n) is 23.2. The Kier molecular flexibility index (Phi) is 9.39. The van der Waals surface area contributed by atoms with Crippen LogP contribution in [0.2, 0.25) is 5.02 Å². The summed E-state index contributed by atoms with van der Waals surface area (Å²) < 4.78 is 29.8. The number of thiophene rings is 1. The Morgan fingerprint density at radius 3 is 2.56 bits per heavy atom. The number of nitrogens with zero attached hydrogens (tertiary/aromatic N) is 4. The number of nitrogens with one attached hydrogen (secondary N) is 2. The van der Waals surface area contributed by atoms with Crippen LogP contribution in [0.25, 0.3) is 10.1 Å². The van der Waals surface area contributed by atoms with Gasteiger partial charge < -0.3 is 20.0 Å². The molecule has 2 N–H and O–H groups in total. The molecule has 0 radical (unpaired) electrons. The minimum atomic E-state index is -3.92. The van der Waals surface area contributed by atoms with Gasteiger partial charge in [0, 0.05) is 68.1 Å². The highest BCUT2D eigenvalue weighted by molar-refractivity contribution is 7.91. The maximum atomic E-state index is 13.4. The Balaban J connectivity index is 1.16. The normalized spacial score (nSPS) is 22.5. The van der Waals surface area contributed by atoms with Crippen molar-refractivity contribution in [3.05, 3.63) is 29.3 Å². The molecule has 1 aromatic carbocycles. The molecule has 3 aliphatic heterocycles. The topological polar surface area (TPSA) is 122 Å². The van der Waals surface area contributed by atoms with Crippen LogP contribution in [0.1, 0.15) is 32.6 Å². The number of hydrogen-bond acceptors (Lipinski definition) is 7. The number of benzene rings is 1. The summed E-state index contributed by atoms with van der Waals surface area (Å²) in [6, 6.07) is 5.88. The average molecular weight is 625 g/mol. The lowest BCUT2D eigenvalue weighted by atomic mass is 10.1. The first-order valence-electron chi connectivity index (χ1n) is 14.2. The van der Waals surface area contributed by atoms with E-state index in [-0.39, 0.29) is 34.6 Å². The van der Waals surface area contributed by atoms with E-state index >= 15 is 0 Å². The van der Waals surface area contributed by atoms with E-state index in [0.717, 1.165) is 53.9 Å². The molecule has 5 rings (SSSR count). The van der Waals surface area contributed by atoms with Crippen LogP contribution in [0.15, 0.2) is 28.5 Å². The molecule has 2 aromatic rings. The minimum Gasteiger partial charge on any atom is -0.338 e. The number of urea groups is 1. The van der Waals surface area contributed by atoms with Crippen molar-refractivity contribution in [3.8, 4) is 0 Å². The van der Waals surface area contributed by atoms with Crippen LogP contribution in [-0.2, 0) is 19.6 Å². The number of hydrogen-bond donors (Lipinski definition) is 2. The summed E-state index contributed by atoms with van der Waals surface area (Å²) in [5.41, 5.74) is 0. The zero-order chi connectivity index (χ0) is 29.1. The van der Waals surface area contributed by atoms with E-state index in [2.05, 4.69) is 14.9 Å². The smallest absolute Gasteiger partial charge is 0.317 e. The van der Waals surface area contributed by atoms with Gasteiger partial charge in [-0.1, -0.05) is 11.6 Å². The van der Waals surface area contributed by atoms with Crippen LogP contribution in [0.4, 0.5) is 4.79 Å². The molecule has 3 aliphatic rings. The third kappa shape index (κ3) is 6.96. The summed E-state index contributed by atoms with van der Waals surface area (Å²) >= 11 is 7.17. The Labute approximate surface area is 249 Å². The first-order valence-corrected chi connectivity index (χ1v) is 16.9. The first-order chi connectivity index (χ1) is 19.6. The van der Waals surface area contributed by atoms with E-state index in [1.165, 1.54) is 4.90 Å². The molecule has 4 amide bonds. The fourth-order valence-electron chi connectivity index (χ4n) is 5.88. The van der Waals surface area contributed by atoms with Crippen molar-refractivity contribution in [3.63, 3.8) is 0 Å². The van der Waals surface area contributed by atoms with Gasteiger partial charge >= 0.3 is 6.03 Å². The molecular formula is C27H37ClN6O5S2. The lowest BCUT2D eigenvalue weighted by Gasteiger charge is -2.38. The van der Waals surface area contributed by atoms with Crippen LogP contribution in [-0.4, -0.2) is 117 Å². The summed E-state index contributed by atoms with van der Waals surface area (Å²) in [5, 5.41) is 4.09. The van der Waals surface area contributed by atoms with Gasteiger partial charge in [0.25, 0.3) is 10.0 Å². The highest BCUT2D eigenvalue weighted by atomic mass is 35.5. The van der Waals surface area contributed by atoms with Gasteiger partial charge in [-0.2, -0.15) is 4.72 Å². The molecule has 3 fully saturated rings. The third-order valence-electron chi connectivity index (χ3n) is 8.03. The number of carbonyl (C=O) groups excluding carboxylic acids is 3. The maximum absolute atomic E-state index is 13.4. The van der Waals surface area contributed by atoms with E-state index in [4.69, 9.17) is 11.6 Å². The number of piperidine rings is 1. The van der Waals surface area contributed by atoms with Gasteiger partial charge in [0.1, 0.15) is 10.3 Å². The average Bonchev–Trinajstić information content (AvgIpc) is 3.59. The van der Waals surface area contributed by atoms with E-state index < -0.39 is 16.1 Å². The quantitative estimate of drug-likeness (QED) is 0.464. The summed E-state index contributed by atoms with van der Waals surface area (Å²) in [6.07, 6.45) is 2.80. The third-order valence-corrected chi connectivity index (χ3v) is 11.3. The van der Waals surface area contributed by atoms with Crippen LogP contribution in [0.3, 0.4) is 0 Å². The molecule has 3 saturated heterocycles. The molecule has 2 atom stereocenters. The van der Waals surface area contributed by atoms with Gasteiger partial charge in [-0.15, -0.1) is 11.3 Å². The zero-order valence-corrected chi connectivity index (χ0v) is 25.6. The van der Waals surface area contributed by atoms with Crippen LogP contribution in [0, 0.1) is 0 Å². The Morgan fingerprint density at radius 2 is 1.80 bits per heavy atom. The van der Waals surface area contributed by atoms with Crippen molar-refractivity contribution in [1.29, 1.82) is 0 Å². The van der Waals surface area contributed by atoms with Crippen molar-refractivity contribution in [1.82, 2.24) is 29.6 Å². The van der Waals surface area contributed by atoms with Crippen molar-refractivity contribution in [2.75, 3.05) is 58.9 Å². The van der Waals surface area contributed by atoms with Crippen molar-refractivity contribution >= 4 is 60.9 Å². The number of piperazine rings is 1. The number of amides is 4. The largest absolute Gasteiger partial charge is 0.338 e. The molecule has 2 unspecified atom stereocenters. The number of carbonyl (C=O) groups is 3. The molecule has 0 bridgehead atoms. The molecule has 0 spiro atoms. The first kappa shape index (κ1) is 30.0. The predicted octanol–water partition coefficient (Wildman–Crippen LogP) is 2.16. The second-order valence-corrected chi connectivity index (χ2v) is 14.3. The Bertz CT molecular complexity index is 1390. The lowest BCUT2D eigenvalue weighted by molar-refractivity contribution is -0.143. The number of rotatable bonds is 8. The lowest BCUT2D eigenvalue weighted by Crippen LogP contribution is -2.56. The molecule has 0 saturated carbocycles. The van der Waals surface area contributed by atoms with Crippen molar-refractivity contribution < 1.29 is 22.8 Å². The van der Waals surface area contributed by atoms with Crippen molar-refractivity contribution in [2.24, 2.45) is 0 Å². The van der Waals surface area contributed by atoms with Crippen molar-refractivity contribution in [2.45, 2.75) is 48.9 Å². The van der Waals surface area contributed by atoms with E-state index in [1.807, 2.05) is 16.7 Å². The Morgan fingerprint density at radius 1 is 1.05 bits per heavy atom. The number of halogens is 1. The van der Waals surface area contributed by atoms with Crippen LogP contribution < -0.4 is 10.0 Å². The van der Waals surface area contributed by atoms with Crippen LogP contribution in [0.5, 0.6) is 0 Å². The molecule has 41 heavy (non-hydrogen) atoms. The van der Waals surface area contributed by atoms with Gasteiger partial charge in [-0.25, -0.2) is 13.2 Å². The van der Waals surface area contributed by atoms with E-state index in [0.29, 0.717) is 50.6 Å². The highest BCUT2D eigenvalue weighted by Gasteiger charge is 2.37. The monoisotopic (exact) mass is 624 g/mol. The molecule has 14 heteroatoms.